The first kappa shape index (κ1) is 17.0. The maximum Gasteiger partial charge on any atom is 0.263 e. The molecule has 0 radical (unpaired) electrons. The summed E-state index contributed by atoms with van der Waals surface area (Å²) in [6.07, 6.45) is 2.45. The van der Waals surface area contributed by atoms with E-state index < -0.39 is 0 Å². The zero-order valence-electron chi connectivity index (χ0n) is 14.1. The highest BCUT2D eigenvalue weighted by molar-refractivity contribution is 7.17. The Morgan fingerprint density at radius 1 is 1.12 bits per heavy atom. The monoisotopic (exact) mass is 353 g/mol. The molecule has 3 aromatic rings. The van der Waals surface area contributed by atoms with E-state index in [1.54, 1.807) is 6.20 Å². The third-order valence-electron chi connectivity index (χ3n) is 3.52. The minimum atomic E-state index is -0.115. The molecule has 3 rings (SSSR count). The first-order valence-corrected chi connectivity index (χ1v) is 8.79. The molecule has 25 heavy (non-hydrogen) atoms. The minimum absolute atomic E-state index is 0.115. The van der Waals surface area contributed by atoms with Crippen LogP contribution < -0.4 is 10.6 Å². The number of nitrogens with zero attached hydrogens (tertiary/aromatic N) is 3. The van der Waals surface area contributed by atoms with Crippen LogP contribution in [0.15, 0.2) is 42.6 Å². The predicted octanol–water partition coefficient (Wildman–Crippen LogP) is 3.27. The number of aromatic nitrogens is 3. The van der Waals surface area contributed by atoms with Crippen molar-refractivity contribution in [3.05, 3.63) is 64.6 Å². The van der Waals surface area contributed by atoms with Crippen LogP contribution in [0.5, 0.6) is 0 Å². The molecule has 3 aromatic heterocycles. The van der Waals surface area contributed by atoms with Gasteiger partial charge in [0.15, 0.2) is 5.13 Å². The third kappa shape index (κ3) is 4.60. The zero-order valence-corrected chi connectivity index (χ0v) is 14.9. The highest BCUT2D eigenvalue weighted by Crippen LogP contribution is 2.25. The first-order valence-electron chi connectivity index (χ1n) is 7.98. The lowest BCUT2D eigenvalue weighted by atomic mass is 10.2. The van der Waals surface area contributed by atoms with Gasteiger partial charge in [0.1, 0.15) is 10.7 Å². The van der Waals surface area contributed by atoms with Gasteiger partial charge in [-0.1, -0.05) is 23.5 Å². The molecule has 1 amide bonds. The van der Waals surface area contributed by atoms with Crippen LogP contribution in [0.3, 0.4) is 0 Å². The fourth-order valence-electron chi connectivity index (χ4n) is 2.31. The van der Waals surface area contributed by atoms with Crippen LogP contribution in [-0.4, -0.2) is 27.4 Å². The molecule has 0 aliphatic carbocycles. The highest BCUT2D eigenvalue weighted by atomic mass is 32.1. The normalized spacial score (nSPS) is 10.5. The van der Waals surface area contributed by atoms with Crippen molar-refractivity contribution in [2.24, 2.45) is 0 Å². The second-order valence-corrected chi connectivity index (χ2v) is 6.55. The average Bonchev–Trinajstić information content (AvgIpc) is 2.96. The predicted molar refractivity (Wildman–Crippen MR) is 99.4 cm³/mol. The number of amides is 1. The van der Waals surface area contributed by atoms with E-state index in [-0.39, 0.29) is 5.91 Å². The Bertz CT molecular complexity index is 863. The number of carbonyl (C=O) groups excluding carboxylic acids is 1. The standard InChI is InChI=1S/C18H19N5OS/c1-12-6-5-8-15(21-12)23-18-22-13(2)16(25-18)17(24)20-11-9-14-7-3-4-10-19-14/h3-8,10H,9,11H2,1-2H3,(H,20,24)(H,21,22,23). The summed E-state index contributed by atoms with van der Waals surface area (Å²) >= 11 is 1.32. The van der Waals surface area contributed by atoms with Gasteiger partial charge in [0.25, 0.3) is 5.91 Å². The van der Waals surface area contributed by atoms with Gasteiger partial charge in [-0.05, 0) is 38.1 Å². The number of hydrogen-bond acceptors (Lipinski definition) is 6. The number of rotatable bonds is 6. The second-order valence-electron chi connectivity index (χ2n) is 5.55. The van der Waals surface area contributed by atoms with Crippen molar-refractivity contribution in [1.29, 1.82) is 0 Å². The van der Waals surface area contributed by atoms with Crippen LogP contribution in [-0.2, 0) is 6.42 Å². The Morgan fingerprint density at radius 2 is 2.00 bits per heavy atom. The first-order chi connectivity index (χ1) is 12.1. The van der Waals surface area contributed by atoms with Crippen molar-refractivity contribution in [3.63, 3.8) is 0 Å². The largest absolute Gasteiger partial charge is 0.351 e. The number of thiazole rings is 1. The lowest BCUT2D eigenvalue weighted by Crippen LogP contribution is -2.25. The van der Waals surface area contributed by atoms with Crippen molar-refractivity contribution in [1.82, 2.24) is 20.3 Å². The van der Waals surface area contributed by atoms with Crippen LogP contribution in [0.2, 0.25) is 0 Å². The lowest BCUT2D eigenvalue weighted by molar-refractivity contribution is 0.0957. The van der Waals surface area contributed by atoms with Crippen LogP contribution >= 0.6 is 11.3 Å². The number of nitrogens with one attached hydrogen (secondary N) is 2. The van der Waals surface area contributed by atoms with E-state index in [1.165, 1.54) is 11.3 Å². The van der Waals surface area contributed by atoms with E-state index in [9.17, 15) is 4.79 Å². The van der Waals surface area contributed by atoms with Crippen LogP contribution in [0, 0.1) is 13.8 Å². The smallest absolute Gasteiger partial charge is 0.263 e. The van der Waals surface area contributed by atoms with E-state index in [0.717, 1.165) is 17.2 Å². The molecular formula is C18H19N5OS. The summed E-state index contributed by atoms with van der Waals surface area (Å²) in [4.78, 5) is 26.0. The Morgan fingerprint density at radius 3 is 2.76 bits per heavy atom. The van der Waals surface area contributed by atoms with Gasteiger partial charge in [-0.2, -0.15) is 0 Å². The number of anilines is 2. The molecule has 3 heterocycles. The summed E-state index contributed by atoms with van der Waals surface area (Å²) in [5.41, 5.74) is 2.58. The van der Waals surface area contributed by atoms with Gasteiger partial charge >= 0.3 is 0 Å². The topological polar surface area (TPSA) is 79.8 Å². The molecule has 0 saturated heterocycles. The molecule has 0 saturated carbocycles. The number of pyridine rings is 2. The van der Waals surface area contributed by atoms with E-state index in [2.05, 4.69) is 25.6 Å². The number of aryl methyl sites for hydroxylation is 2. The van der Waals surface area contributed by atoms with Gasteiger partial charge in [-0.15, -0.1) is 0 Å². The summed E-state index contributed by atoms with van der Waals surface area (Å²) in [5.74, 6) is 0.604. The van der Waals surface area contributed by atoms with Gasteiger partial charge in [-0.3, -0.25) is 9.78 Å². The summed E-state index contributed by atoms with van der Waals surface area (Å²) in [7, 11) is 0. The average molecular weight is 353 g/mol. The van der Waals surface area contributed by atoms with Crippen LogP contribution in [0.25, 0.3) is 0 Å². The summed E-state index contributed by atoms with van der Waals surface area (Å²) < 4.78 is 0. The molecule has 0 aliphatic rings. The highest BCUT2D eigenvalue weighted by Gasteiger charge is 2.15. The summed E-state index contributed by atoms with van der Waals surface area (Å²) in [6.45, 7) is 4.30. The van der Waals surface area contributed by atoms with E-state index in [1.807, 2.05) is 50.2 Å². The maximum atomic E-state index is 12.4. The minimum Gasteiger partial charge on any atom is -0.351 e. The van der Waals surface area contributed by atoms with Crippen LogP contribution in [0.1, 0.15) is 26.8 Å². The fourth-order valence-corrected chi connectivity index (χ4v) is 3.20. The molecule has 0 fully saturated rings. The Hall–Kier alpha value is -2.80. The van der Waals surface area contributed by atoms with Gasteiger partial charge in [-0.25, -0.2) is 9.97 Å². The van der Waals surface area contributed by atoms with Crippen molar-refractivity contribution in [2.75, 3.05) is 11.9 Å². The Kier molecular flexibility index (Phi) is 5.35. The molecule has 0 aliphatic heterocycles. The third-order valence-corrected chi connectivity index (χ3v) is 4.59. The van der Waals surface area contributed by atoms with Gasteiger partial charge in [0, 0.05) is 30.6 Å². The fraction of sp³-hybridized carbons (Fsp3) is 0.222. The molecule has 128 valence electrons. The van der Waals surface area contributed by atoms with Crippen molar-refractivity contribution >= 4 is 28.2 Å². The number of carbonyl (C=O) groups is 1. The van der Waals surface area contributed by atoms with Gasteiger partial charge in [0.05, 0.1) is 5.69 Å². The molecule has 0 atom stereocenters. The van der Waals surface area contributed by atoms with Crippen molar-refractivity contribution in [2.45, 2.75) is 20.3 Å². The van der Waals surface area contributed by atoms with Gasteiger partial charge < -0.3 is 10.6 Å². The zero-order chi connectivity index (χ0) is 17.6. The Balaban J connectivity index is 1.60. The maximum absolute atomic E-state index is 12.4. The molecule has 0 spiro atoms. The molecule has 6 nitrogen and oxygen atoms in total. The van der Waals surface area contributed by atoms with Gasteiger partial charge in [0.2, 0.25) is 0 Å². The quantitative estimate of drug-likeness (QED) is 0.711. The summed E-state index contributed by atoms with van der Waals surface area (Å²) in [5, 5.41) is 6.73. The second kappa shape index (κ2) is 7.85. The van der Waals surface area contributed by atoms with Crippen molar-refractivity contribution in [3.8, 4) is 0 Å². The molecule has 7 heteroatoms. The molecule has 0 bridgehead atoms. The van der Waals surface area contributed by atoms with Crippen LogP contribution in [0.4, 0.5) is 10.9 Å². The lowest BCUT2D eigenvalue weighted by Gasteiger charge is -2.03. The van der Waals surface area contributed by atoms with E-state index >= 15 is 0 Å². The molecule has 0 aromatic carbocycles. The SMILES string of the molecule is Cc1cccc(Nc2nc(C)c(C(=O)NCCc3ccccn3)s2)n1. The van der Waals surface area contributed by atoms with E-state index in [4.69, 9.17) is 0 Å². The Labute approximate surface area is 150 Å². The molecule has 2 N–H and O–H groups in total. The molecular weight excluding hydrogens is 334 g/mol. The van der Waals surface area contributed by atoms with E-state index in [0.29, 0.717) is 28.7 Å². The van der Waals surface area contributed by atoms with Crippen molar-refractivity contribution < 1.29 is 4.79 Å². The number of hydrogen-bond donors (Lipinski definition) is 2. The molecule has 0 unspecified atom stereocenters. The summed E-state index contributed by atoms with van der Waals surface area (Å²) in [6, 6.07) is 11.5.